The molecule has 278 valence electrons. The van der Waals surface area contributed by atoms with E-state index in [1.807, 2.05) is 24.3 Å². The molecule has 1 aliphatic rings. The fraction of sp³-hybridized carbons (Fsp3) is 0.0545. The maximum atomic E-state index is 7.16. The summed E-state index contributed by atoms with van der Waals surface area (Å²) in [5, 5.41) is 8.63. The predicted molar refractivity (Wildman–Crippen MR) is 243 cm³/mol. The van der Waals surface area contributed by atoms with Crippen molar-refractivity contribution in [1.29, 1.82) is 0 Å². The van der Waals surface area contributed by atoms with Gasteiger partial charge in [0.25, 0.3) is 0 Å². The van der Waals surface area contributed by atoms with E-state index in [1.54, 1.807) is 0 Å². The number of benzene rings is 9. The number of hydrogen-bond donors (Lipinski definition) is 0. The minimum atomic E-state index is -0.139. The van der Waals surface area contributed by atoms with Crippen LogP contribution in [0.15, 0.2) is 189 Å². The van der Waals surface area contributed by atoms with E-state index in [9.17, 15) is 0 Å². The van der Waals surface area contributed by atoms with Crippen molar-refractivity contribution in [2.45, 2.75) is 19.3 Å². The summed E-state index contributed by atoms with van der Waals surface area (Å²) in [6.45, 7) is 4.68. The van der Waals surface area contributed by atoms with Crippen LogP contribution in [0.2, 0.25) is 0 Å². The summed E-state index contributed by atoms with van der Waals surface area (Å²) in [5.41, 5.74) is 15.2. The van der Waals surface area contributed by atoms with Gasteiger partial charge in [0.05, 0.1) is 0 Å². The first-order valence-corrected chi connectivity index (χ1v) is 20.2. The lowest BCUT2D eigenvalue weighted by atomic mass is 9.82. The topological polar surface area (TPSA) is 42.7 Å². The minimum absolute atomic E-state index is 0.139. The van der Waals surface area contributed by atoms with Gasteiger partial charge in [-0.25, -0.2) is 0 Å². The average Bonchev–Trinajstić information content (AvgIpc) is 4.01. The van der Waals surface area contributed by atoms with Crippen molar-refractivity contribution >= 4 is 93.7 Å². The normalized spacial score (nSPS) is 13.4. The van der Waals surface area contributed by atoms with Gasteiger partial charge >= 0.3 is 0 Å². The second-order valence-electron chi connectivity index (χ2n) is 16.4. The molecular weight excluding hydrogens is 723 g/mol. The van der Waals surface area contributed by atoms with E-state index in [2.05, 4.69) is 170 Å². The van der Waals surface area contributed by atoms with E-state index in [0.29, 0.717) is 0 Å². The Morgan fingerprint density at radius 3 is 1.90 bits per heavy atom. The molecule has 0 amide bonds. The van der Waals surface area contributed by atoms with Gasteiger partial charge in [-0.3, -0.25) is 0 Å². The number of furan rings is 3. The van der Waals surface area contributed by atoms with Crippen molar-refractivity contribution in [3.05, 3.63) is 187 Å². The number of anilines is 3. The molecule has 4 heteroatoms. The number of nitrogens with zero attached hydrogens (tertiary/aromatic N) is 1. The molecule has 9 aromatic carbocycles. The van der Waals surface area contributed by atoms with E-state index in [0.717, 1.165) is 94.0 Å². The third-order valence-electron chi connectivity index (χ3n) is 12.8. The van der Waals surface area contributed by atoms with Gasteiger partial charge < -0.3 is 18.2 Å². The molecule has 1 aliphatic carbocycles. The molecule has 0 atom stereocenters. The largest absolute Gasteiger partial charge is 0.456 e. The zero-order valence-corrected chi connectivity index (χ0v) is 32.4. The van der Waals surface area contributed by atoms with Crippen LogP contribution >= 0.6 is 0 Å². The summed E-state index contributed by atoms with van der Waals surface area (Å²) in [7, 11) is 0. The molecule has 0 radical (unpaired) electrons. The third kappa shape index (κ3) is 4.54. The first-order valence-electron chi connectivity index (χ1n) is 20.2. The maximum Gasteiger partial charge on any atom is 0.144 e. The summed E-state index contributed by atoms with van der Waals surface area (Å²) in [4.78, 5) is 2.37. The van der Waals surface area contributed by atoms with Crippen LogP contribution in [-0.4, -0.2) is 0 Å². The number of rotatable bonds is 4. The molecule has 0 fully saturated rings. The van der Waals surface area contributed by atoms with Gasteiger partial charge in [0.15, 0.2) is 0 Å². The van der Waals surface area contributed by atoms with Crippen LogP contribution in [0.4, 0.5) is 17.1 Å². The molecule has 0 unspecified atom stereocenters. The fourth-order valence-electron chi connectivity index (χ4n) is 10.0. The quantitative estimate of drug-likeness (QED) is 0.179. The lowest BCUT2D eigenvalue weighted by molar-refractivity contribution is 0.660. The van der Waals surface area contributed by atoms with Crippen molar-refractivity contribution in [2.24, 2.45) is 0 Å². The Hall–Kier alpha value is -7.56. The minimum Gasteiger partial charge on any atom is -0.456 e. The van der Waals surface area contributed by atoms with Gasteiger partial charge in [0.1, 0.15) is 33.5 Å². The van der Waals surface area contributed by atoms with Crippen molar-refractivity contribution in [1.82, 2.24) is 0 Å². The summed E-state index contributed by atoms with van der Waals surface area (Å²) >= 11 is 0. The average molecular weight is 758 g/mol. The Labute approximate surface area is 339 Å². The number of hydrogen-bond acceptors (Lipinski definition) is 4. The van der Waals surface area contributed by atoms with Crippen LogP contribution < -0.4 is 4.90 Å². The zero-order valence-electron chi connectivity index (χ0n) is 32.4. The third-order valence-corrected chi connectivity index (χ3v) is 12.8. The Balaban J connectivity index is 1.07. The van der Waals surface area contributed by atoms with Gasteiger partial charge in [-0.15, -0.1) is 0 Å². The van der Waals surface area contributed by atoms with Crippen LogP contribution in [-0.2, 0) is 5.41 Å². The highest BCUT2D eigenvalue weighted by molar-refractivity contribution is 6.26. The summed E-state index contributed by atoms with van der Waals surface area (Å²) in [6, 6.07) is 62.7. The van der Waals surface area contributed by atoms with Crippen molar-refractivity contribution in [3.63, 3.8) is 0 Å². The summed E-state index contributed by atoms with van der Waals surface area (Å²) < 4.78 is 20.4. The fourth-order valence-corrected chi connectivity index (χ4v) is 10.0. The molecule has 0 aliphatic heterocycles. The second-order valence-corrected chi connectivity index (χ2v) is 16.4. The molecule has 59 heavy (non-hydrogen) atoms. The van der Waals surface area contributed by atoms with Crippen LogP contribution in [0.25, 0.3) is 98.8 Å². The highest BCUT2D eigenvalue weighted by Crippen LogP contribution is 2.52. The molecule has 3 heterocycles. The molecule has 4 nitrogen and oxygen atoms in total. The van der Waals surface area contributed by atoms with E-state index in [4.69, 9.17) is 13.3 Å². The van der Waals surface area contributed by atoms with E-state index >= 15 is 0 Å². The van der Waals surface area contributed by atoms with Gasteiger partial charge in [0, 0.05) is 72.0 Å². The molecule has 0 saturated carbocycles. The standard InChI is InChI=1S/C55H35NO3/c1-55(2)45-19-8-5-14-37(45)38-26-24-35(29-46(38)55)56(34-23-22-32-12-3-4-13-33(32)28-34)36-25-27-40-44-31-50-51(42-16-7-10-21-48(42)57-50)52(54(44)59-49(40)30-36)43-18-11-17-41-39-15-6-9-20-47(39)58-53(41)43/h3-31H,1-2H3. The van der Waals surface area contributed by atoms with Gasteiger partial charge in [-0.1, -0.05) is 129 Å². The smallest absolute Gasteiger partial charge is 0.144 e. The van der Waals surface area contributed by atoms with Crippen molar-refractivity contribution < 1.29 is 13.3 Å². The highest BCUT2D eigenvalue weighted by atomic mass is 16.3. The molecule has 0 saturated heterocycles. The molecule has 0 N–H and O–H groups in total. The molecule has 12 aromatic rings. The van der Waals surface area contributed by atoms with Crippen molar-refractivity contribution in [2.75, 3.05) is 4.90 Å². The van der Waals surface area contributed by atoms with Gasteiger partial charge in [-0.2, -0.15) is 0 Å². The highest BCUT2D eigenvalue weighted by Gasteiger charge is 2.36. The van der Waals surface area contributed by atoms with E-state index in [-0.39, 0.29) is 5.41 Å². The van der Waals surface area contributed by atoms with E-state index in [1.165, 1.54) is 33.0 Å². The number of para-hydroxylation sites is 3. The Kier molecular flexibility index (Phi) is 6.48. The second kappa shape index (κ2) is 11.7. The van der Waals surface area contributed by atoms with Crippen LogP contribution in [0.3, 0.4) is 0 Å². The van der Waals surface area contributed by atoms with Gasteiger partial charge in [-0.05, 0) is 87.6 Å². The lowest BCUT2D eigenvalue weighted by Gasteiger charge is -2.28. The molecular formula is C55H35NO3. The van der Waals surface area contributed by atoms with E-state index < -0.39 is 0 Å². The maximum absolute atomic E-state index is 7.16. The summed E-state index contributed by atoms with van der Waals surface area (Å²) in [5.74, 6) is 0. The van der Waals surface area contributed by atoms with Crippen LogP contribution in [0.5, 0.6) is 0 Å². The number of fused-ring (bicyclic) bond motifs is 13. The Morgan fingerprint density at radius 2 is 1.00 bits per heavy atom. The lowest BCUT2D eigenvalue weighted by Crippen LogP contribution is -2.16. The first-order chi connectivity index (χ1) is 29.0. The van der Waals surface area contributed by atoms with Gasteiger partial charge in [0.2, 0.25) is 0 Å². The van der Waals surface area contributed by atoms with Crippen molar-refractivity contribution in [3.8, 4) is 22.3 Å². The molecule has 3 aromatic heterocycles. The zero-order chi connectivity index (χ0) is 39.0. The first kappa shape index (κ1) is 32.5. The molecule has 0 bridgehead atoms. The van der Waals surface area contributed by atoms with Crippen LogP contribution in [0, 0.1) is 0 Å². The Morgan fingerprint density at radius 1 is 0.373 bits per heavy atom. The Bertz CT molecular complexity index is 3730. The molecule has 13 rings (SSSR count). The SMILES string of the molecule is CC1(C)c2ccccc2-c2ccc(N(c3ccc4ccccc4c3)c3ccc4c(c3)oc3c(-c5cccc6c5oc5ccccc56)c5c(cc34)oc3ccccc35)cc21. The van der Waals surface area contributed by atoms with Crippen LogP contribution in [0.1, 0.15) is 25.0 Å². The monoisotopic (exact) mass is 757 g/mol. The predicted octanol–water partition coefficient (Wildman–Crippen LogP) is 16.0. The molecule has 0 spiro atoms. The summed E-state index contributed by atoms with van der Waals surface area (Å²) in [6.07, 6.45) is 0.